The maximum Gasteiger partial charge on any atom is 0.164 e. The highest BCUT2D eigenvalue weighted by molar-refractivity contribution is 6.05. The summed E-state index contributed by atoms with van der Waals surface area (Å²) in [7, 11) is 0. The smallest absolute Gasteiger partial charge is 0.164 e. The highest BCUT2D eigenvalue weighted by Crippen LogP contribution is 2.28. The van der Waals surface area contributed by atoms with Crippen LogP contribution in [0.5, 0.6) is 0 Å². The van der Waals surface area contributed by atoms with Crippen molar-refractivity contribution in [1.29, 1.82) is 5.26 Å². The van der Waals surface area contributed by atoms with E-state index in [0.717, 1.165) is 28.8 Å². The van der Waals surface area contributed by atoms with Crippen LogP contribution in [0.1, 0.15) is 58.1 Å². The molecule has 4 rings (SSSR count). The number of nitriles is 1. The SMILES string of the molecule is CC(C)Nc1cc(-n2ncc3cc(C#N)cnc32)ncc1C1=NOC(CCC(C)(C)O)C1. The number of oxime groups is 1. The number of pyridine rings is 2. The minimum Gasteiger partial charge on any atom is -0.392 e. The molecule has 1 atom stereocenters. The van der Waals surface area contributed by atoms with Gasteiger partial charge in [0.05, 0.1) is 23.1 Å². The molecule has 0 bridgehead atoms. The molecular weight excluding hydrogens is 406 g/mol. The fraction of sp³-hybridized carbons (Fsp3) is 0.435. The second-order valence-corrected chi connectivity index (χ2v) is 9.01. The Labute approximate surface area is 186 Å². The standard InChI is InChI=1S/C23H27N7O2/c1-14(2)28-19-9-21(30-22-16(12-27-30)7-15(10-24)11-26-22)25-13-18(19)20-8-17(32-29-20)5-6-23(3,4)31/h7,9,11-14,17,31H,5-6,8H2,1-4H3,(H,25,28). The van der Waals surface area contributed by atoms with E-state index in [1.807, 2.05) is 6.07 Å². The number of hydrogen-bond acceptors (Lipinski definition) is 8. The lowest BCUT2D eigenvalue weighted by atomic mass is 9.97. The summed E-state index contributed by atoms with van der Waals surface area (Å²) < 4.78 is 1.66. The first-order valence-corrected chi connectivity index (χ1v) is 10.7. The second-order valence-electron chi connectivity index (χ2n) is 9.01. The molecule has 0 spiro atoms. The Bertz CT molecular complexity index is 1200. The van der Waals surface area contributed by atoms with E-state index in [1.54, 1.807) is 37.0 Å². The summed E-state index contributed by atoms with van der Waals surface area (Å²) in [4.78, 5) is 14.6. The van der Waals surface area contributed by atoms with Crippen LogP contribution in [0.3, 0.4) is 0 Å². The molecule has 9 heteroatoms. The molecule has 1 aliphatic rings. The molecule has 0 saturated carbocycles. The number of anilines is 1. The van der Waals surface area contributed by atoms with Gasteiger partial charge in [0.25, 0.3) is 0 Å². The Morgan fingerprint density at radius 3 is 2.81 bits per heavy atom. The van der Waals surface area contributed by atoms with Gasteiger partial charge in [-0.2, -0.15) is 15.0 Å². The fourth-order valence-electron chi connectivity index (χ4n) is 3.63. The minimum absolute atomic E-state index is 0.0587. The lowest BCUT2D eigenvalue weighted by molar-refractivity contribution is 0.0298. The molecule has 4 heterocycles. The number of aliphatic hydroxyl groups is 1. The minimum atomic E-state index is -0.728. The first-order chi connectivity index (χ1) is 15.2. The topological polar surface area (TPSA) is 121 Å². The van der Waals surface area contributed by atoms with E-state index in [1.165, 1.54) is 6.20 Å². The zero-order chi connectivity index (χ0) is 22.9. The quantitative estimate of drug-likeness (QED) is 0.584. The monoisotopic (exact) mass is 433 g/mol. The highest BCUT2D eigenvalue weighted by atomic mass is 16.6. The predicted molar refractivity (Wildman–Crippen MR) is 122 cm³/mol. The van der Waals surface area contributed by atoms with Crippen molar-refractivity contribution in [1.82, 2.24) is 19.7 Å². The van der Waals surface area contributed by atoms with Crippen LogP contribution in [-0.2, 0) is 4.84 Å². The molecular formula is C23H27N7O2. The number of hydrogen-bond donors (Lipinski definition) is 2. The van der Waals surface area contributed by atoms with Gasteiger partial charge in [0, 0.05) is 47.6 Å². The van der Waals surface area contributed by atoms with Crippen LogP contribution in [0, 0.1) is 11.3 Å². The Morgan fingerprint density at radius 1 is 1.28 bits per heavy atom. The van der Waals surface area contributed by atoms with E-state index < -0.39 is 5.60 Å². The van der Waals surface area contributed by atoms with E-state index in [4.69, 9.17) is 10.1 Å². The summed E-state index contributed by atoms with van der Waals surface area (Å²) in [6.45, 7) is 7.73. The maximum atomic E-state index is 9.99. The van der Waals surface area contributed by atoms with Crippen molar-refractivity contribution in [3.8, 4) is 11.9 Å². The third kappa shape index (κ3) is 4.70. The van der Waals surface area contributed by atoms with E-state index in [-0.39, 0.29) is 12.1 Å². The molecule has 32 heavy (non-hydrogen) atoms. The van der Waals surface area contributed by atoms with Gasteiger partial charge in [-0.05, 0) is 46.6 Å². The Balaban J connectivity index is 1.63. The molecule has 9 nitrogen and oxygen atoms in total. The molecule has 0 amide bonds. The van der Waals surface area contributed by atoms with Gasteiger partial charge < -0.3 is 15.3 Å². The lowest BCUT2D eigenvalue weighted by Gasteiger charge is -2.18. The van der Waals surface area contributed by atoms with Crippen molar-refractivity contribution in [2.24, 2.45) is 5.16 Å². The number of nitrogens with one attached hydrogen (secondary N) is 1. The third-order valence-electron chi connectivity index (χ3n) is 5.21. The average Bonchev–Trinajstić information content (AvgIpc) is 3.38. The summed E-state index contributed by atoms with van der Waals surface area (Å²) >= 11 is 0. The van der Waals surface area contributed by atoms with E-state index in [0.29, 0.717) is 29.9 Å². The first kappa shape index (κ1) is 21.7. The molecule has 0 aliphatic carbocycles. The number of aromatic nitrogens is 4. The van der Waals surface area contributed by atoms with Crippen LogP contribution < -0.4 is 5.32 Å². The van der Waals surface area contributed by atoms with Crippen molar-refractivity contribution < 1.29 is 9.94 Å². The van der Waals surface area contributed by atoms with Gasteiger partial charge >= 0.3 is 0 Å². The summed E-state index contributed by atoms with van der Waals surface area (Å²) in [6, 6.07) is 5.97. The van der Waals surface area contributed by atoms with Crippen LogP contribution in [0.25, 0.3) is 16.9 Å². The Morgan fingerprint density at radius 2 is 2.09 bits per heavy atom. The van der Waals surface area contributed by atoms with Crippen LogP contribution in [0.15, 0.2) is 35.9 Å². The van der Waals surface area contributed by atoms with Crippen LogP contribution in [0.4, 0.5) is 5.69 Å². The normalized spacial score (nSPS) is 16.2. The summed E-state index contributed by atoms with van der Waals surface area (Å²) in [5.41, 5.74) is 2.98. The first-order valence-electron chi connectivity index (χ1n) is 10.7. The van der Waals surface area contributed by atoms with E-state index in [2.05, 4.69) is 45.5 Å². The Kier molecular flexibility index (Phi) is 5.80. The van der Waals surface area contributed by atoms with Gasteiger partial charge in [0.2, 0.25) is 0 Å². The molecule has 0 fully saturated rings. The molecule has 0 saturated heterocycles. The van der Waals surface area contributed by atoms with Gasteiger partial charge in [-0.1, -0.05) is 5.16 Å². The van der Waals surface area contributed by atoms with Gasteiger partial charge in [-0.3, -0.25) is 0 Å². The number of nitrogens with zero attached hydrogens (tertiary/aromatic N) is 6. The predicted octanol–water partition coefficient (Wildman–Crippen LogP) is 3.55. The molecule has 3 aromatic heterocycles. The summed E-state index contributed by atoms with van der Waals surface area (Å²) in [6.07, 6.45) is 6.95. The number of fused-ring (bicyclic) bond motifs is 1. The largest absolute Gasteiger partial charge is 0.392 e. The van der Waals surface area contributed by atoms with Gasteiger partial charge in [0.15, 0.2) is 11.5 Å². The van der Waals surface area contributed by atoms with Crippen molar-refractivity contribution in [2.75, 3.05) is 5.32 Å². The second kappa shape index (κ2) is 8.55. The molecule has 166 valence electrons. The molecule has 2 N–H and O–H groups in total. The number of rotatable bonds is 7. The van der Waals surface area contributed by atoms with Crippen LogP contribution in [0.2, 0.25) is 0 Å². The van der Waals surface area contributed by atoms with Crippen molar-refractivity contribution >= 4 is 22.4 Å². The van der Waals surface area contributed by atoms with Crippen LogP contribution >= 0.6 is 0 Å². The maximum absolute atomic E-state index is 9.99. The molecule has 3 aromatic rings. The van der Waals surface area contributed by atoms with Gasteiger partial charge in [0.1, 0.15) is 12.2 Å². The van der Waals surface area contributed by atoms with Gasteiger partial charge in [-0.15, -0.1) is 0 Å². The zero-order valence-electron chi connectivity index (χ0n) is 18.7. The third-order valence-corrected chi connectivity index (χ3v) is 5.21. The Hall–Kier alpha value is -3.51. The van der Waals surface area contributed by atoms with Crippen molar-refractivity contribution in [3.63, 3.8) is 0 Å². The zero-order valence-corrected chi connectivity index (χ0v) is 18.7. The van der Waals surface area contributed by atoms with Crippen LogP contribution in [-0.4, -0.2) is 48.3 Å². The van der Waals surface area contributed by atoms with Crippen molar-refractivity contribution in [3.05, 3.63) is 41.9 Å². The summed E-state index contributed by atoms with van der Waals surface area (Å²) in [5.74, 6) is 0.613. The molecule has 0 radical (unpaired) electrons. The van der Waals surface area contributed by atoms with E-state index >= 15 is 0 Å². The van der Waals surface area contributed by atoms with E-state index in [9.17, 15) is 5.11 Å². The lowest BCUT2D eigenvalue weighted by Crippen LogP contribution is -2.22. The molecule has 1 unspecified atom stereocenters. The molecule has 0 aromatic carbocycles. The average molecular weight is 434 g/mol. The van der Waals surface area contributed by atoms with Gasteiger partial charge in [-0.25, -0.2) is 9.97 Å². The van der Waals surface area contributed by atoms with Crippen molar-refractivity contribution in [2.45, 2.75) is 64.7 Å². The fourth-order valence-corrected chi connectivity index (χ4v) is 3.63. The molecule has 1 aliphatic heterocycles. The summed E-state index contributed by atoms with van der Waals surface area (Å²) in [5, 5.41) is 32.1. The highest BCUT2D eigenvalue weighted by Gasteiger charge is 2.27.